The van der Waals surface area contributed by atoms with E-state index in [0.29, 0.717) is 0 Å². The van der Waals surface area contributed by atoms with Gasteiger partial charge in [-0.05, 0) is 24.3 Å². The first-order valence-corrected chi connectivity index (χ1v) is 6.67. The molecule has 0 aliphatic rings. The highest BCUT2D eigenvalue weighted by Gasteiger charge is 2.33. The standard InChI is InChI=1S/C15H7ClF3NO3/c16-9-5-4-7(14(22)23)12-10(9)13(21)6-2-1-3-8(11(6)20-12)15(17,18)19/h1-5H,(H,20,21)(H,22,23). The zero-order chi connectivity index (χ0) is 16.9. The summed E-state index contributed by atoms with van der Waals surface area (Å²) in [6, 6.07) is 5.51. The number of rotatable bonds is 1. The van der Waals surface area contributed by atoms with Crippen molar-refractivity contribution in [3.8, 4) is 0 Å². The molecular weight excluding hydrogens is 335 g/mol. The number of hydrogen-bond donors (Lipinski definition) is 2. The van der Waals surface area contributed by atoms with Crippen LogP contribution in [0.5, 0.6) is 0 Å². The molecule has 3 aromatic rings. The van der Waals surface area contributed by atoms with Crippen molar-refractivity contribution in [2.24, 2.45) is 0 Å². The van der Waals surface area contributed by atoms with Gasteiger partial charge in [0.2, 0.25) is 0 Å². The molecule has 0 fully saturated rings. The van der Waals surface area contributed by atoms with E-state index in [-0.39, 0.29) is 26.9 Å². The SMILES string of the molecule is O=C(O)c1ccc(Cl)c2c(=O)c3cccc(C(F)(F)F)c3[nH]c12. The lowest BCUT2D eigenvalue weighted by molar-refractivity contribution is -0.136. The van der Waals surface area contributed by atoms with E-state index in [4.69, 9.17) is 11.6 Å². The largest absolute Gasteiger partial charge is 0.478 e. The third-order valence-electron chi connectivity index (χ3n) is 3.48. The zero-order valence-electron chi connectivity index (χ0n) is 11.2. The first-order chi connectivity index (χ1) is 10.7. The number of H-pyrrole nitrogens is 1. The fourth-order valence-electron chi connectivity index (χ4n) is 2.48. The van der Waals surface area contributed by atoms with Gasteiger partial charge in [0.1, 0.15) is 0 Å². The highest BCUT2D eigenvalue weighted by molar-refractivity contribution is 6.36. The number of hydrogen-bond acceptors (Lipinski definition) is 2. The molecule has 0 saturated heterocycles. The summed E-state index contributed by atoms with van der Waals surface area (Å²) in [7, 11) is 0. The molecule has 118 valence electrons. The second-order valence-corrected chi connectivity index (χ2v) is 5.24. The lowest BCUT2D eigenvalue weighted by Gasteiger charge is -2.12. The molecule has 1 aromatic heterocycles. The third-order valence-corrected chi connectivity index (χ3v) is 3.79. The fourth-order valence-corrected chi connectivity index (χ4v) is 2.72. The Labute approximate surface area is 131 Å². The minimum atomic E-state index is -4.70. The molecule has 23 heavy (non-hydrogen) atoms. The number of carbonyl (C=O) groups is 1. The van der Waals surface area contributed by atoms with E-state index in [9.17, 15) is 27.9 Å². The molecule has 1 heterocycles. The van der Waals surface area contributed by atoms with Crippen LogP contribution in [0.3, 0.4) is 0 Å². The molecule has 0 radical (unpaired) electrons. The Balaban J connectivity index is 2.62. The maximum atomic E-state index is 13.1. The van der Waals surface area contributed by atoms with Crippen LogP contribution in [0.1, 0.15) is 15.9 Å². The van der Waals surface area contributed by atoms with E-state index < -0.39 is 28.7 Å². The molecule has 0 saturated carbocycles. The molecule has 0 bridgehead atoms. The van der Waals surface area contributed by atoms with Crippen LogP contribution in [-0.4, -0.2) is 16.1 Å². The van der Waals surface area contributed by atoms with E-state index in [0.717, 1.165) is 18.2 Å². The number of para-hydroxylation sites is 1. The van der Waals surface area contributed by atoms with Crippen LogP contribution in [0.4, 0.5) is 13.2 Å². The van der Waals surface area contributed by atoms with E-state index >= 15 is 0 Å². The van der Waals surface area contributed by atoms with E-state index in [1.165, 1.54) is 12.1 Å². The summed E-state index contributed by atoms with van der Waals surface area (Å²) in [5.41, 5.74) is -2.85. The second kappa shape index (κ2) is 4.99. The molecule has 0 spiro atoms. The number of nitrogens with one attached hydrogen (secondary N) is 1. The van der Waals surface area contributed by atoms with Gasteiger partial charge in [-0.2, -0.15) is 13.2 Å². The van der Waals surface area contributed by atoms with Crippen molar-refractivity contribution in [1.82, 2.24) is 4.98 Å². The summed E-state index contributed by atoms with van der Waals surface area (Å²) in [6.45, 7) is 0. The predicted octanol–water partition coefficient (Wildman–Crippen LogP) is 4.05. The van der Waals surface area contributed by atoms with E-state index in [1.807, 2.05) is 0 Å². The molecule has 2 N–H and O–H groups in total. The lowest BCUT2D eigenvalue weighted by atomic mass is 10.0. The third kappa shape index (κ3) is 2.33. The van der Waals surface area contributed by atoms with Gasteiger partial charge in [0.25, 0.3) is 0 Å². The Kier molecular flexibility index (Phi) is 3.33. The maximum absolute atomic E-state index is 13.1. The Morgan fingerprint density at radius 3 is 2.43 bits per heavy atom. The van der Waals surface area contributed by atoms with Crippen LogP contribution in [0, 0.1) is 0 Å². The highest BCUT2D eigenvalue weighted by Crippen LogP contribution is 2.34. The van der Waals surface area contributed by atoms with Gasteiger partial charge in [-0.25, -0.2) is 4.79 Å². The van der Waals surface area contributed by atoms with Crippen LogP contribution in [0.2, 0.25) is 5.02 Å². The van der Waals surface area contributed by atoms with Crippen LogP contribution in [-0.2, 0) is 6.18 Å². The molecule has 0 amide bonds. The van der Waals surface area contributed by atoms with Crippen LogP contribution in [0.25, 0.3) is 21.8 Å². The fraction of sp³-hybridized carbons (Fsp3) is 0.0667. The van der Waals surface area contributed by atoms with E-state index in [1.54, 1.807) is 0 Å². The van der Waals surface area contributed by atoms with Crippen molar-refractivity contribution in [2.45, 2.75) is 6.18 Å². The normalized spacial score (nSPS) is 12.0. The highest BCUT2D eigenvalue weighted by atomic mass is 35.5. The van der Waals surface area contributed by atoms with Gasteiger partial charge >= 0.3 is 12.1 Å². The van der Waals surface area contributed by atoms with Crippen molar-refractivity contribution < 1.29 is 23.1 Å². The van der Waals surface area contributed by atoms with Crippen LogP contribution in [0.15, 0.2) is 35.1 Å². The monoisotopic (exact) mass is 341 g/mol. The Hall–Kier alpha value is -2.54. The number of halogens is 4. The Bertz CT molecular complexity index is 1020. The minimum Gasteiger partial charge on any atom is -0.478 e. The topological polar surface area (TPSA) is 70.2 Å². The Morgan fingerprint density at radius 1 is 1.13 bits per heavy atom. The number of aromatic nitrogens is 1. The molecule has 0 atom stereocenters. The number of benzene rings is 2. The average Bonchev–Trinajstić information content (AvgIpc) is 2.45. The van der Waals surface area contributed by atoms with Crippen molar-refractivity contribution in [2.75, 3.05) is 0 Å². The number of aromatic carboxylic acids is 1. The predicted molar refractivity (Wildman–Crippen MR) is 79.0 cm³/mol. The van der Waals surface area contributed by atoms with Gasteiger partial charge < -0.3 is 10.1 Å². The molecule has 0 unspecified atom stereocenters. The number of alkyl halides is 3. The lowest BCUT2D eigenvalue weighted by Crippen LogP contribution is -2.13. The smallest absolute Gasteiger partial charge is 0.418 e. The van der Waals surface area contributed by atoms with Gasteiger partial charge in [0, 0.05) is 5.39 Å². The number of carboxylic acid groups (broad SMARTS) is 1. The first kappa shape index (κ1) is 15.4. The van der Waals surface area contributed by atoms with Gasteiger partial charge in [-0.15, -0.1) is 0 Å². The minimum absolute atomic E-state index is 0.0365. The summed E-state index contributed by atoms with van der Waals surface area (Å²) in [5.74, 6) is -1.38. The number of carboxylic acids is 1. The second-order valence-electron chi connectivity index (χ2n) is 4.83. The molecule has 2 aromatic carbocycles. The van der Waals surface area contributed by atoms with Crippen LogP contribution >= 0.6 is 11.6 Å². The van der Waals surface area contributed by atoms with Gasteiger partial charge in [0.05, 0.1) is 32.6 Å². The van der Waals surface area contributed by atoms with Crippen LogP contribution < -0.4 is 5.43 Å². The molecule has 3 rings (SSSR count). The zero-order valence-corrected chi connectivity index (χ0v) is 11.9. The van der Waals surface area contributed by atoms with E-state index in [2.05, 4.69) is 4.98 Å². The molecule has 8 heteroatoms. The Morgan fingerprint density at radius 2 is 1.83 bits per heavy atom. The van der Waals surface area contributed by atoms with Crippen molar-refractivity contribution in [3.05, 3.63) is 56.7 Å². The van der Waals surface area contributed by atoms with Crippen molar-refractivity contribution in [3.63, 3.8) is 0 Å². The number of fused-ring (bicyclic) bond motifs is 2. The van der Waals surface area contributed by atoms with Gasteiger partial charge in [0.15, 0.2) is 5.43 Å². The molecular formula is C15H7ClF3NO3. The maximum Gasteiger partial charge on any atom is 0.418 e. The van der Waals surface area contributed by atoms with Gasteiger partial charge in [-0.3, -0.25) is 4.79 Å². The number of aromatic amines is 1. The van der Waals surface area contributed by atoms with Crippen molar-refractivity contribution in [1.29, 1.82) is 0 Å². The quantitative estimate of drug-likeness (QED) is 0.656. The summed E-state index contributed by atoms with van der Waals surface area (Å²) in [6.07, 6.45) is -4.70. The summed E-state index contributed by atoms with van der Waals surface area (Å²) >= 11 is 5.93. The molecule has 0 aliphatic carbocycles. The summed E-state index contributed by atoms with van der Waals surface area (Å²) in [4.78, 5) is 26.2. The van der Waals surface area contributed by atoms with Crippen molar-refractivity contribution >= 4 is 39.4 Å². The van der Waals surface area contributed by atoms with Gasteiger partial charge in [-0.1, -0.05) is 17.7 Å². The number of pyridine rings is 1. The summed E-state index contributed by atoms with van der Waals surface area (Å²) in [5, 5.41) is 8.78. The average molecular weight is 342 g/mol. The first-order valence-electron chi connectivity index (χ1n) is 6.29. The molecule has 4 nitrogen and oxygen atoms in total. The summed E-state index contributed by atoms with van der Waals surface area (Å²) < 4.78 is 39.4. The molecule has 0 aliphatic heterocycles.